The van der Waals surface area contributed by atoms with Crippen LogP contribution in [0.1, 0.15) is 5.56 Å². The quantitative estimate of drug-likeness (QED) is 0.381. The van der Waals surface area contributed by atoms with Gasteiger partial charge >= 0.3 is 0 Å². The third kappa shape index (κ3) is 4.81. The van der Waals surface area contributed by atoms with Gasteiger partial charge in [0.25, 0.3) is 16.8 Å². The fourth-order valence-corrected chi connectivity index (χ4v) is 3.64. The van der Waals surface area contributed by atoms with Crippen LogP contribution in [0.5, 0.6) is 5.75 Å². The molecule has 0 saturated carbocycles. The molecule has 3 amide bonds. The van der Waals surface area contributed by atoms with Gasteiger partial charge < -0.3 is 10.4 Å². The van der Waals surface area contributed by atoms with E-state index in [1.807, 2.05) is 0 Å². The van der Waals surface area contributed by atoms with Gasteiger partial charge in [0.15, 0.2) is 0 Å². The zero-order chi connectivity index (χ0) is 21.1. The van der Waals surface area contributed by atoms with Crippen LogP contribution in [0.4, 0.5) is 16.2 Å². The van der Waals surface area contributed by atoms with E-state index in [0.717, 1.165) is 4.90 Å². The number of hydrogen-bond donors (Lipinski definition) is 2. The number of thioether (sulfide) groups is 1. The number of nitro groups is 1. The molecule has 1 heterocycles. The highest BCUT2D eigenvalue weighted by Gasteiger charge is 2.36. The maximum absolute atomic E-state index is 12.5. The zero-order valence-electron chi connectivity index (χ0n) is 14.5. The highest BCUT2D eigenvalue weighted by molar-refractivity contribution is 9.10. The van der Waals surface area contributed by atoms with Gasteiger partial charge in [0.1, 0.15) is 12.3 Å². The Bertz CT molecular complexity index is 1050. The van der Waals surface area contributed by atoms with Gasteiger partial charge in [-0.25, -0.2) is 0 Å². The van der Waals surface area contributed by atoms with Crippen LogP contribution in [0.2, 0.25) is 0 Å². The molecule has 2 N–H and O–H groups in total. The van der Waals surface area contributed by atoms with Crippen LogP contribution in [0.15, 0.2) is 51.8 Å². The van der Waals surface area contributed by atoms with Gasteiger partial charge in [-0.3, -0.25) is 29.4 Å². The van der Waals surface area contributed by atoms with E-state index in [1.54, 1.807) is 12.1 Å². The molecular weight excluding hydrogens is 466 g/mol. The SMILES string of the molecule is O=C(CN1C(=O)S/C(=C\c2cc(Br)ccc2O)C1=O)Nc1ccc([N+](=O)[O-])cc1. The summed E-state index contributed by atoms with van der Waals surface area (Å²) in [7, 11) is 0. The van der Waals surface area contributed by atoms with E-state index in [4.69, 9.17) is 0 Å². The molecule has 2 aromatic carbocycles. The predicted molar refractivity (Wildman–Crippen MR) is 110 cm³/mol. The Morgan fingerprint density at radius 1 is 1.24 bits per heavy atom. The van der Waals surface area contributed by atoms with Crippen LogP contribution < -0.4 is 5.32 Å². The first-order valence-electron chi connectivity index (χ1n) is 8.03. The van der Waals surface area contributed by atoms with Crippen molar-refractivity contribution < 1.29 is 24.4 Å². The van der Waals surface area contributed by atoms with Crippen molar-refractivity contribution in [2.24, 2.45) is 0 Å². The van der Waals surface area contributed by atoms with Crippen molar-refractivity contribution in [2.75, 3.05) is 11.9 Å². The second-order valence-corrected chi connectivity index (χ2v) is 7.73. The molecule has 3 rings (SSSR count). The van der Waals surface area contributed by atoms with Gasteiger partial charge in [-0.15, -0.1) is 0 Å². The molecule has 0 radical (unpaired) electrons. The summed E-state index contributed by atoms with van der Waals surface area (Å²) in [6.07, 6.45) is 1.37. The van der Waals surface area contributed by atoms with Crippen LogP contribution in [0.3, 0.4) is 0 Å². The third-order valence-electron chi connectivity index (χ3n) is 3.81. The lowest BCUT2D eigenvalue weighted by molar-refractivity contribution is -0.384. The van der Waals surface area contributed by atoms with Gasteiger partial charge in [-0.1, -0.05) is 15.9 Å². The molecule has 148 valence electrons. The average molecular weight is 478 g/mol. The molecular formula is C18H12BrN3O6S. The van der Waals surface area contributed by atoms with Gasteiger partial charge in [-0.2, -0.15) is 0 Å². The second-order valence-electron chi connectivity index (χ2n) is 5.82. The van der Waals surface area contributed by atoms with E-state index in [1.165, 1.54) is 36.4 Å². The molecule has 1 fully saturated rings. The number of amides is 3. The lowest BCUT2D eigenvalue weighted by Crippen LogP contribution is -2.36. The Kier molecular flexibility index (Phi) is 5.99. The standard InChI is InChI=1S/C18H12BrN3O6S/c19-11-1-6-14(23)10(7-11)8-15-17(25)21(18(26)29-15)9-16(24)20-12-2-4-13(5-3-12)22(27)28/h1-8,23H,9H2,(H,20,24)/b15-8-. The number of imide groups is 1. The molecule has 0 spiro atoms. The molecule has 9 nitrogen and oxygen atoms in total. The maximum atomic E-state index is 12.5. The fourth-order valence-electron chi connectivity index (χ4n) is 2.43. The topological polar surface area (TPSA) is 130 Å². The van der Waals surface area contributed by atoms with Gasteiger partial charge in [-0.05, 0) is 48.2 Å². The lowest BCUT2D eigenvalue weighted by atomic mass is 10.2. The number of phenolic OH excluding ortho intramolecular Hbond substituents is 1. The van der Waals surface area contributed by atoms with E-state index in [9.17, 15) is 29.6 Å². The van der Waals surface area contributed by atoms with Crippen LogP contribution in [-0.4, -0.2) is 38.5 Å². The third-order valence-corrected chi connectivity index (χ3v) is 5.21. The summed E-state index contributed by atoms with van der Waals surface area (Å²) in [6, 6.07) is 9.80. The average Bonchev–Trinajstić information content (AvgIpc) is 2.92. The number of carbonyl (C=O) groups is 3. The minimum Gasteiger partial charge on any atom is -0.507 e. The van der Waals surface area contributed by atoms with E-state index < -0.39 is 28.5 Å². The normalized spacial score (nSPS) is 15.1. The largest absolute Gasteiger partial charge is 0.507 e. The Hall–Kier alpha value is -3.18. The monoisotopic (exact) mass is 477 g/mol. The fraction of sp³-hybridized carbons (Fsp3) is 0.0556. The number of nitro benzene ring substituents is 1. The van der Waals surface area contributed by atoms with Crippen LogP contribution in [0.25, 0.3) is 6.08 Å². The highest BCUT2D eigenvalue weighted by atomic mass is 79.9. The molecule has 1 aliphatic rings. The van der Waals surface area contributed by atoms with Crippen molar-refractivity contribution in [1.82, 2.24) is 4.90 Å². The summed E-state index contributed by atoms with van der Waals surface area (Å²) >= 11 is 3.92. The molecule has 2 aromatic rings. The van der Waals surface area contributed by atoms with Crippen LogP contribution in [-0.2, 0) is 9.59 Å². The molecule has 11 heteroatoms. The van der Waals surface area contributed by atoms with E-state index in [-0.39, 0.29) is 16.3 Å². The number of hydrogen-bond acceptors (Lipinski definition) is 7. The molecule has 0 aromatic heterocycles. The lowest BCUT2D eigenvalue weighted by Gasteiger charge is -2.12. The maximum Gasteiger partial charge on any atom is 0.294 e. The van der Waals surface area contributed by atoms with Gasteiger partial charge in [0.2, 0.25) is 5.91 Å². The van der Waals surface area contributed by atoms with Gasteiger partial charge in [0.05, 0.1) is 9.83 Å². The molecule has 0 bridgehead atoms. The van der Waals surface area contributed by atoms with Crippen LogP contribution >= 0.6 is 27.7 Å². The summed E-state index contributed by atoms with van der Waals surface area (Å²) in [6.45, 7) is -0.510. The molecule has 1 saturated heterocycles. The van der Waals surface area contributed by atoms with E-state index in [0.29, 0.717) is 27.5 Å². The number of benzene rings is 2. The number of anilines is 1. The highest BCUT2D eigenvalue weighted by Crippen LogP contribution is 2.34. The van der Waals surface area contributed by atoms with Crippen molar-refractivity contribution >= 4 is 62.2 Å². The first kappa shape index (κ1) is 20.6. The second kappa shape index (κ2) is 8.45. The van der Waals surface area contributed by atoms with Crippen molar-refractivity contribution in [3.63, 3.8) is 0 Å². The molecule has 0 aliphatic carbocycles. The Morgan fingerprint density at radius 3 is 2.59 bits per heavy atom. The molecule has 29 heavy (non-hydrogen) atoms. The van der Waals surface area contributed by atoms with Crippen molar-refractivity contribution in [1.29, 1.82) is 0 Å². The van der Waals surface area contributed by atoms with E-state index in [2.05, 4.69) is 21.2 Å². The first-order valence-corrected chi connectivity index (χ1v) is 9.64. The Morgan fingerprint density at radius 2 is 1.93 bits per heavy atom. The zero-order valence-corrected chi connectivity index (χ0v) is 16.9. The predicted octanol–water partition coefficient (Wildman–Crippen LogP) is 3.74. The summed E-state index contributed by atoms with van der Waals surface area (Å²) in [5, 5.41) is 22.4. The van der Waals surface area contributed by atoms with Crippen LogP contribution in [0, 0.1) is 10.1 Å². The number of nitrogens with zero attached hydrogens (tertiary/aromatic N) is 2. The number of phenols is 1. The number of rotatable bonds is 5. The number of non-ortho nitro benzene ring substituents is 1. The van der Waals surface area contributed by atoms with Crippen molar-refractivity contribution in [2.45, 2.75) is 0 Å². The van der Waals surface area contributed by atoms with Crippen molar-refractivity contribution in [3.8, 4) is 5.75 Å². The molecule has 1 aliphatic heterocycles. The Labute approximate surface area is 176 Å². The molecule has 0 atom stereocenters. The summed E-state index contributed by atoms with van der Waals surface area (Å²) in [5.41, 5.74) is 0.511. The molecule has 0 unspecified atom stereocenters. The minimum atomic E-state index is -0.654. The summed E-state index contributed by atoms with van der Waals surface area (Å²) in [4.78, 5) is 47.8. The number of aromatic hydroxyl groups is 1. The van der Waals surface area contributed by atoms with Gasteiger partial charge in [0, 0.05) is 27.9 Å². The first-order chi connectivity index (χ1) is 13.7. The van der Waals surface area contributed by atoms with Crippen molar-refractivity contribution in [3.05, 3.63) is 67.5 Å². The Balaban J connectivity index is 1.69. The number of carbonyl (C=O) groups excluding carboxylic acids is 3. The number of nitrogens with one attached hydrogen (secondary N) is 1. The summed E-state index contributed by atoms with van der Waals surface area (Å²) in [5.74, 6) is -1.35. The minimum absolute atomic E-state index is 0.0593. The summed E-state index contributed by atoms with van der Waals surface area (Å²) < 4.78 is 0.684. The smallest absolute Gasteiger partial charge is 0.294 e. The van der Waals surface area contributed by atoms with E-state index >= 15 is 0 Å². The number of halogens is 1.